The third-order valence-corrected chi connectivity index (χ3v) is 8.00. The van der Waals surface area contributed by atoms with E-state index in [-0.39, 0.29) is 17.9 Å². The van der Waals surface area contributed by atoms with Crippen LogP contribution in [-0.4, -0.2) is 17.9 Å². The van der Waals surface area contributed by atoms with E-state index in [0.29, 0.717) is 21.8 Å². The second-order valence-corrected chi connectivity index (χ2v) is 10.3. The first-order valence-electron chi connectivity index (χ1n) is 10.8. The molecule has 0 atom stereocenters. The van der Waals surface area contributed by atoms with Crippen LogP contribution in [0.3, 0.4) is 0 Å². The van der Waals surface area contributed by atoms with Crippen molar-refractivity contribution in [2.24, 2.45) is 0 Å². The van der Waals surface area contributed by atoms with Gasteiger partial charge in [-0.05, 0) is 54.6 Å². The topological polar surface area (TPSA) is 58.2 Å². The molecule has 0 bridgehead atoms. The van der Waals surface area contributed by atoms with E-state index in [1.807, 2.05) is 30.3 Å². The summed E-state index contributed by atoms with van der Waals surface area (Å²) < 4.78 is 0. The first kappa shape index (κ1) is 22.9. The van der Waals surface area contributed by atoms with E-state index in [2.05, 4.69) is 22.1 Å². The zero-order valence-electron chi connectivity index (χ0n) is 17.6. The van der Waals surface area contributed by atoms with Gasteiger partial charge in [0.25, 0.3) is 11.8 Å². The van der Waals surface area contributed by atoms with E-state index >= 15 is 0 Å². The van der Waals surface area contributed by atoms with Crippen LogP contribution in [0.1, 0.15) is 57.7 Å². The first-order chi connectivity index (χ1) is 15.6. The smallest absolute Gasteiger partial charge is 0.256 e. The van der Waals surface area contributed by atoms with Crippen molar-refractivity contribution in [3.05, 3.63) is 81.0 Å². The molecule has 2 amide bonds. The number of hydrogen-bond acceptors (Lipinski definition) is 4. The van der Waals surface area contributed by atoms with Crippen LogP contribution in [0.15, 0.2) is 64.9 Å². The lowest BCUT2D eigenvalue weighted by molar-refractivity contribution is 0.0926. The fourth-order valence-electron chi connectivity index (χ4n) is 3.81. The molecule has 2 N–H and O–H groups in total. The summed E-state index contributed by atoms with van der Waals surface area (Å²) in [5.74, 6) is 0.416. The summed E-state index contributed by atoms with van der Waals surface area (Å²) in [7, 11) is 0. The molecule has 3 aromatic rings. The van der Waals surface area contributed by atoms with E-state index in [9.17, 15) is 9.59 Å². The standard InChI is InChI=1S/C25H25ClN2O2S2/c26-22-13-12-18(15-21(22)25(30)27-17-7-2-1-3-8-17)28-24(29)20-10-4-5-11-23(20)32-16-19-9-6-14-31-19/h4-6,9-15,17H,1-3,7-8,16H2,(H,27,30)(H,28,29). The summed E-state index contributed by atoms with van der Waals surface area (Å²) in [5.41, 5.74) is 1.54. The number of hydrogen-bond donors (Lipinski definition) is 2. The molecule has 7 heteroatoms. The minimum Gasteiger partial charge on any atom is -0.349 e. The van der Waals surface area contributed by atoms with Gasteiger partial charge in [-0.2, -0.15) is 0 Å². The van der Waals surface area contributed by atoms with Gasteiger partial charge >= 0.3 is 0 Å². The van der Waals surface area contributed by atoms with Crippen molar-refractivity contribution in [1.29, 1.82) is 0 Å². The highest BCUT2D eigenvalue weighted by Crippen LogP contribution is 2.29. The number of nitrogens with one attached hydrogen (secondary N) is 2. The zero-order valence-corrected chi connectivity index (χ0v) is 20.0. The fraction of sp³-hybridized carbons (Fsp3) is 0.280. The summed E-state index contributed by atoms with van der Waals surface area (Å²) in [4.78, 5) is 28.0. The molecular weight excluding hydrogens is 460 g/mol. The predicted octanol–water partition coefficient (Wildman–Crippen LogP) is 7.01. The van der Waals surface area contributed by atoms with E-state index in [0.717, 1.165) is 36.3 Å². The molecule has 0 radical (unpaired) electrons. The van der Waals surface area contributed by atoms with Gasteiger partial charge in [0.15, 0.2) is 0 Å². The van der Waals surface area contributed by atoms with Crippen molar-refractivity contribution >= 4 is 52.2 Å². The maximum absolute atomic E-state index is 13.0. The number of benzene rings is 2. The van der Waals surface area contributed by atoms with Crippen molar-refractivity contribution in [2.75, 3.05) is 5.32 Å². The molecule has 0 spiro atoms. The molecule has 4 nitrogen and oxygen atoms in total. The van der Waals surface area contributed by atoms with Crippen molar-refractivity contribution in [2.45, 2.75) is 48.8 Å². The maximum atomic E-state index is 13.0. The molecular formula is C25H25ClN2O2S2. The Morgan fingerprint density at radius 3 is 2.56 bits per heavy atom. The molecule has 1 heterocycles. The number of thiophene rings is 1. The third-order valence-electron chi connectivity index (χ3n) is 5.49. The van der Waals surface area contributed by atoms with Crippen LogP contribution in [-0.2, 0) is 5.75 Å². The molecule has 2 aromatic carbocycles. The predicted molar refractivity (Wildman–Crippen MR) is 134 cm³/mol. The number of halogens is 1. The van der Waals surface area contributed by atoms with Crippen LogP contribution < -0.4 is 10.6 Å². The summed E-state index contributed by atoms with van der Waals surface area (Å²) in [6.45, 7) is 0. The molecule has 1 aliphatic rings. The summed E-state index contributed by atoms with van der Waals surface area (Å²) in [6.07, 6.45) is 5.50. The number of anilines is 1. The van der Waals surface area contributed by atoms with Gasteiger partial charge in [0.05, 0.1) is 16.1 Å². The third kappa shape index (κ3) is 5.94. The van der Waals surface area contributed by atoms with Crippen LogP contribution in [0.5, 0.6) is 0 Å². The van der Waals surface area contributed by atoms with E-state index < -0.39 is 0 Å². The Bertz CT molecular complexity index is 1080. The van der Waals surface area contributed by atoms with Gasteiger partial charge in [0.2, 0.25) is 0 Å². The minimum absolute atomic E-state index is 0.190. The highest BCUT2D eigenvalue weighted by atomic mass is 35.5. The Hall–Kier alpha value is -2.28. The molecule has 1 saturated carbocycles. The second-order valence-electron chi connectivity index (χ2n) is 7.82. The molecule has 1 fully saturated rings. The maximum Gasteiger partial charge on any atom is 0.256 e. The van der Waals surface area contributed by atoms with Crippen molar-refractivity contribution < 1.29 is 9.59 Å². The fourth-order valence-corrected chi connectivity index (χ4v) is 5.84. The quantitative estimate of drug-likeness (QED) is 0.354. The molecule has 0 aliphatic heterocycles. The Morgan fingerprint density at radius 2 is 1.78 bits per heavy atom. The van der Waals surface area contributed by atoms with Crippen LogP contribution in [0, 0.1) is 0 Å². The van der Waals surface area contributed by atoms with Crippen LogP contribution >= 0.6 is 34.7 Å². The molecule has 1 aromatic heterocycles. The van der Waals surface area contributed by atoms with Gasteiger partial charge in [-0.1, -0.05) is 49.1 Å². The highest BCUT2D eigenvalue weighted by Gasteiger charge is 2.19. The second kappa shape index (κ2) is 11.0. The highest BCUT2D eigenvalue weighted by molar-refractivity contribution is 7.98. The van der Waals surface area contributed by atoms with E-state index in [1.165, 1.54) is 11.3 Å². The van der Waals surface area contributed by atoms with Crippen molar-refractivity contribution in [1.82, 2.24) is 5.32 Å². The Balaban J connectivity index is 1.45. The SMILES string of the molecule is O=C(NC1CCCCC1)c1cc(NC(=O)c2ccccc2SCc2cccs2)ccc1Cl. The van der Waals surface area contributed by atoms with Crippen LogP contribution in [0.4, 0.5) is 5.69 Å². The lowest BCUT2D eigenvalue weighted by Crippen LogP contribution is -2.36. The monoisotopic (exact) mass is 484 g/mol. The molecule has 0 unspecified atom stereocenters. The van der Waals surface area contributed by atoms with Gasteiger partial charge in [-0.3, -0.25) is 9.59 Å². The van der Waals surface area contributed by atoms with Gasteiger partial charge in [-0.15, -0.1) is 23.1 Å². The van der Waals surface area contributed by atoms with Crippen molar-refractivity contribution in [3.8, 4) is 0 Å². The van der Waals surface area contributed by atoms with Gasteiger partial charge < -0.3 is 10.6 Å². The van der Waals surface area contributed by atoms with Crippen LogP contribution in [0.25, 0.3) is 0 Å². The van der Waals surface area contributed by atoms with Gasteiger partial charge in [-0.25, -0.2) is 0 Å². The lowest BCUT2D eigenvalue weighted by Gasteiger charge is -2.23. The first-order valence-corrected chi connectivity index (χ1v) is 13.0. The van der Waals surface area contributed by atoms with E-state index in [4.69, 9.17) is 11.6 Å². The molecule has 0 saturated heterocycles. The van der Waals surface area contributed by atoms with Gasteiger partial charge in [0.1, 0.15) is 0 Å². The number of thioether (sulfide) groups is 1. The zero-order chi connectivity index (χ0) is 22.3. The normalized spacial score (nSPS) is 14.2. The minimum atomic E-state index is -0.208. The molecule has 4 rings (SSSR count). The molecule has 1 aliphatic carbocycles. The molecule has 166 valence electrons. The summed E-state index contributed by atoms with van der Waals surface area (Å²) in [6, 6.07) is 16.9. The van der Waals surface area contributed by atoms with E-state index in [1.54, 1.807) is 41.3 Å². The summed E-state index contributed by atoms with van der Waals surface area (Å²) in [5, 5.41) is 8.45. The number of rotatable bonds is 7. The number of carbonyl (C=O) groups is 2. The van der Waals surface area contributed by atoms with Crippen molar-refractivity contribution in [3.63, 3.8) is 0 Å². The summed E-state index contributed by atoms with van der Waals surface area (Å²) >= 11 is 9.64. The number of amides is 2. The molecule has 32 heavy (non-hydrogen) atoms. The average Bonchev–Trinajstić information content (AvgIpc) is 3.33. The Labute approximate surface area is 201 Å². The van der Waals surface area contributed by atoms with Crippen LogP contribution in [0.2, 0.25) is 5.02 Å². The van der Waals surface area contributed by atoms with Gasteiger partial charge in [0, 0.05) is 27.3 Å². The Kier molecular flexibility index (Phi) is 7.90. The largest absolute Gasteiger partial charge is 0.349 e. The number of carbonyl (C=O) groups excluding carboxylic acids is 2. The Morgan fingerprint density at radius 1 is 0.969 bits per heavy atom. The average molecular weight is 485 g/mol. The lowest BCUT2D eigenvalue weighted by atomic mass is 9.95.